The molecule has 3 N–H and O–H groups in total. The lowest BCUT2D eigenvalue weighted by atomic mass is 10.3. The summed E-state index contributed by atoms with van der Waals surface area (Å²) in [7, 11) is 0. The van der Waals surface area contributed by atoms with E-state index >= 15 is 0 Å². The highest BCUT2D eigenvalue weighted by Gasteiger charge is 2.12. The van der Waals surface area contributed by atoms with Crippen LogP contribution in [0.5, 0.6) is 0 Å². The Kier molecular flexibility index (Phi) is 3.73. The molecule has 0 bridgehead atoms. The van der Waals surface area contributed by atoms with Crippen LogP contribution in [0.3, 0.4) is 0 Å². The molecule has 0 spiro atoms. The van der Waals surface area contributed by atoms with Crippen molar-refractivity contribution in [3.63, 3.8) is 0 Å². The van der Waals surface area contributed by atoms with Crippen molar-refractivity contribution in [1.82, 2.24) is 10.3 Å². The number of hydrogen-bond donors (Lipinski definition) is 3. The number of thiazole rings is 1. The van der Waals surface area contributed by atoms with Gasteiger partial charge in [-0.3, -0.25) is 5.32 Å². The van der Waals surface area contributed by atoms with Gasteiger partial charge in [0.1, 0.15) is 11.9 Å². The minimum absolute atomic E-state index is 0.0741. The molecule has 0 fully saturated rings. The molecule has 2 rings (SSSR count). The highest BCUT2D eigenvalue weighted by atomic mass is 32.1. The second-order valence-corrected chi connectivity index (χ2v) is 4.10. The first kappa shape index (κ1) is 11.6. The number of carbonyl (C=O) groups is 1. The first-order valence-electron chi connectivity index (χ1n) is 4.91. The van der Waals surface area contributed by atoms with Crippen LogP contribution in [-0.4, -0.2) is 22.7 Å². The van der Waals surface area contributed by atoms with Crippen LogP contribution < -0.4 is 10.6 Å². The van der Waals surface area contributed by atoms with Gasteiger partial charge in [-0.05, 0) is 12.1 Å². The summed E-state index contributed by atoms with van der Waals surface area (Å²) in [5.41, 5.74) is 0. The minimum Gasteiger partial charge on any atom is -0.467 e. The van der Waals surface area contributed by atoms with Crippen molar-refractivity contribution >= 4 is 22.5 Å². The third-order valence-corrected chi connectivity index (χ3v) is 2.67. The summed E-state index contributed by atoms with van der Waals surface area (Å²) in [6.45, 7) is 0.0741. The molecule has 0 aliphatic carbocycles. The topological polar surface area (TPSA) is 87.4 Å². The molecular formula is C10H11N3O3S. The Morgan fingerprint density at radius 1 is 1.65 bits per heavy atom. The zero-order valence-electron chi connectivity index (χ0n) is 8.79. The van der Waals surface area contributed by atoms with Gasteiger partial charge in [0.25, 0.3) is 0 Å². The van der Waals surface area contributed by atoms with Gasteiger partial charge in [-0.1, -0.05) is 0 Å². The van der Waals surface area contributed by atoms with E-state index in [1.54, 1.807) is 23.7 Å². The summed E-state index contributed by atoms with van der Waals surface area (Å²) < 4.78 is 5.00. The van der Waals surface area contributed by atoms with Gasteiger partial charge in [0.2, 0.25) is 0 Å². The molecule has 7 heteroatoms. The van der Waals surface area contributed by atoms with Crippen LogP contribution in [-0.2, 0) is 0 Å². The molecule has 2 aromatic rings. The van der Waals surface area contributed by atoms with E-state index < -0.39 is 12.1 Å². The summed E-state index contributed by atoms with van der Waals surface area (Å²) in [5, 5.41) is 17.0. The average molecular weight is 253 g/mol. The molecular weight excluding hydrogens is 242 g/mol. The SMILES string of the molecule is O=C(NC[C@@H](O)c1ccco1)Nc1nccs1. The van der Waals surface area contributed by atoms with Crippen LogP contribution in [0.2, 0.25) is 0 Å². The van der Waals surface area contributed by atoms with Gasteiger partial charge in [0, 0.05) is 11.6 Å². The zero-order valence-corrected chi connectivity index (χ0v) is 9.61. The molecule has 2 aromatic heterocycles. The van der Waals surface area contributed by atoms with Crippen LogP contribution in [0, 0.1) is 0 Å². The van der Waals surface area contributed by atoms with Gasteiger partial charge in [0.05, 0.1) is 12.8 Å². The van der Waals surface area contributed by atoms with Crippen molar-refractivity contribution in [2.75, 3.05) is 11.9 Å². The van der Waals surface area contributed by atoms with Crippen molar-refractivity contribution < 1.29 is 14.3 Å². The van der Waals surface area contributed by atoms with Gasteiger partial charge in [0.15, 0.2) is 5.13 Å². The number of furan rings is 1. The summed E-state index contributed by atoms with van der Waals surface area (Å²) in [4.78, 5) is 15.3. The van der Waals surface area contributed by atoms with Crippen LogP contribution in [0.25, 0.3) is 0 Å². The third kappa shape index (κ3) is 3.30. The van der Waals surface area contributed by atoms with Crippen molar-refractivity contribution in [1.29, 1.82) is 0 Å². The molecule has 2 heterocycles. The van der Waals surface area contributed by atoms with E-state index in [0.29, 0.717) is 10.9 Å². The van der Waals surface area contributed by atoms with Gasteiger partial charge >= 0.3 is 6.03 Å². The molecule has 0 aliphatic rings. The van der Waals surface area contributed by atoms with Crippen LogP contribution in [0.1, 0.15) is 11.9 Å². The van der Waals surface area contributed by atoms with Crippen LogP contribution in [0.15, 0.2) is 34.4 Å². The highest BCUT2D eigenvalue weighted by Crippen LogP contribution is 2.12. The highest BCUT2D eigenvalue weighted by molar-refractivity contribution is 7.13. The summed E-state index contributed by atoms with van der Waals surface area (Å²) in [6, 6.07) is 2.91. The van der Waals surface area contributed by atoms with E-state index in [1.165, 1.54) is 17.6 Å². The Labute approximate surface area is 101 Å². The van der Waals surface area contributed by atoms with E-state index in [-0.39, 0.29) is 6.54 Å². The first-order chi connectivity index (χ1) is 8.25. The lowest BCUT2D eigenvalue weighted by Gasteiger charge is -2.09. The fraction of sp³-hybridized carbons (Fsp3) is 0.200. The molecule has 17 heavy (non-hydrogen) atoms. The number of aromatic nitrogens is 1. The lowest BCUT2D eigenvalue weighted by molar-refractivity contribution is 0.149. The maximum Gasteiger partial charge on any atom is 0.321 e. The van der Waals surface area contributed by atoms with Crippen molar-refractivity contribution in [3.8, 4) is 0 Å². The Hall–Kier alpha value is -1.86. The fourth-order valence-electron chi connectivity index (χ4n) is 1.20. The molecule has 0 saturated carbocycles. The molecule has 0 radical (unpaired) electrons. The normalized spacial score (nSPS) is 12.1. The second-order valence-electron chi connectivity index (χ2n) is 3.20. The molecule has 0 aliphatic heterocycles. The molecule has 2 amide bonds. The predicted molar refractivity (Wildman–Crippen MR) is 62.8 cm³/mol. The van der Waals surface area contributed by atoms with Gasteiger partial charge in [-0.15, -0.1) is 11.3 Å². The fourth-order valence-corrected chi connectivity index (χ4v) is 1.72. The van der Waals surface area contributed by atoms with Crippen molar-refractivity contribution in [2.45, 2.75) is 6.10 Å². The van der Waals surface area contributed by atoms with Crippen molar-refractivity contribution in [2.24, 2.45) is 0 Å². The van der Waals surface area contributed by atoms with E-state index in [9.17, 15) is 9.90 Å². The van der Waals surface area contributed by atoms with Crippen molar-refractivity contribution in [3.05, 3.63) is 35.7 Å². The number of nitrogens with zero attached hydrogens (tertiary/aromatic N) is 1. The average Bonchev–Trinajstić information content (AvgIpc) is 2.97. The Morgan fingerprint density at radius 2 is 2.53 bits per heavy atom. The molecule has 0 saturated heterocycles. The molecule has 90 valence electrons. The number of rotatable bonds is 4. The Bertz CT molecular complexity index is 455. The monoisotopic (exact) mass is 253 g/mol. The molecule has 1 atom stereocenters. The smallest absolute Gasteiger partial charge is 0.321 e. The van der Waals surface area contributed by atoms with E-state index in [1.807, 2.05) is 0 Å². The molecule has 0 aromatic carbocycles. The second kappa shape index (κ2) is 5.46. The van der Waals surface area contributed by atoms with E-state index in [4.69, 9.17) is 4.42 Å². The lowest BCUT2D eigenvalue weighted by Crippen LogP contribution is -2.32. The zero-order chi connectivity index (χ0) is 12.1. The number of aliphatic hydroxyl groups is 1. The van der Waals surface area contributed by atoms with Crippen LogP contribution in [0.4, 0.5) is 9.93 Å². The third-order valence-electron chi connectivity index (χ3n) is 1.98. The van der Waals surface area contributed by atoms with Crippen LogP contribution >= 0.6 is 11.3 Å². The summed E-state index contributed by atoms with van der Waals surface area (Å²) >= 11 is 1.32. The number of anilines is 1. The number of hydrogen-bond acceptors (Lipinski definition) is 5. The quantitative estimate of drug-likeness (QED) is 0.772. The number of urea groups is 1. The number of aliphatic hydroxyl groups excluding tert-OH is 1. The Balaban J connectivity index is 1.76. The first-order valence-corrected chi connectivity index (χ1v) is 5.79. The predicted octanol–water partition coefficient (Wildman–Crippen LogP) is 1.59. The van der Waals surface area contributed by atoms with Gasteiger partial charge in [-0.25, -0.2) is 9.78 Å². The molecule has 6 nitrogen and oxygen atoms in total. The largest absolute Gasteiger partial charge is 0.467 e. The van der Waals surface area contributed by atoms with Gasteiger partial charge in [-0.2, -0.15) is 0 Å². The Morgan fingerprint density at radius 3 is 3.18 bits per heavy atom. The van der Waals surface area contributed by atoms with Gasteiger partial charge < -0.3 is 14.8 Å². The number of nitrogens with one attached hydrogen (secondary N) is 2. The molecule has 0 unspecified atom stereocenters. The number of carbonyl (C=O) groups excluding carboxylic acids is 1. The number of amides is 2. The summed E-state index contributed by atoms with van der Waals surface area (Å²) in [5.74, 6) is 0.416. The van der Waals surface area contributed by atoms with E-state index in [0.717, 1.165) is 0 Å². The minimum atomic E-state index is -0.855. The maximum absolute atomic E-state index is 11.4. The summed E-state index contributed by atoms with van der Waals surface area (Å²) in [6.07, 6.45) is 2.21. The standard InChI is InChI=1S/C10H11N3O3S/c14-7(8-2-1-4-16-8)6-12-9(15)13-10-11-3-5-17-10/h1-5,7,14H,6H2,(H2,11,12,13,15)/t7-/m1/s1. The maximum atomic E-state index is 11.4. The van der Waals surface area contributed by atoms with E-state index in [2.05, 4.69) is 15.6 Å².